The quantitative estimate of drug-likeness (QED) is 0.757. The van der Waals surface area contributed by atoms with E-state index in [1.165, 1.54) is 10.7 Å². The summed E-state index contributed by atoms with van der Waals surface area (Å²) in [6.07, 6.45) is 7.34. The van der Waals surface area contributed by atoms with Gasteiger partial charge in [0.15, 0.2) is 0 Å². The highest BCUT2D eigenvalue weighted by molar-refractivity contribution is 7.09. The number of hydrogen-bond acceptors (Lipinski definition) is 2. The van der Waals surface area contributed by atoms with Gasteiger partial charge in [-0.3, -0.25) is 0 Å². The molecule has 2 aromatic heterocycles. The fourth-order valence-corrected chi connectivity index (χ4v) is 2.38. The molecule has 0 saturated carbocycles. The molecule has 0 atom stereocenters. The minimum Gasteiger partial charge on any atom is -0.335 e. The first kappa shape index (κ1) is 10.4. The molecule has 0 aliphatic heterocycles. The average molecular weight is 220 g/mol. The molecule has 2 heterocycles. The molecular weight excluding hydrogens is 204 g/mol. The van der Waals surface area contributed by atoms with E-state index in [1.807, 2.05) is 17.5 Å². The lowest BCUT2D eigenvalue weighted by atomic mass is 10.3. The topological polar surface area (TPSA) is 17.8 Å². The smallest absolute Gasteiger partial charge is 0.108 e. The van der Waals surface area contributed by atoms with E-state index in [-0.39, 0.29) is 0 Å². The van der Waals surface area contributed by atoms with Crippen molar-refractivity contribution in [3.05, 3.63) is 40.6 Å². The van der Waals surface area contributed by atoms with E-state index in [0.29, 0.717) is 0 Å². The van der Waals surface area contributed by atoms with Crippen molar-refractivity contribution in [1.82, 2.24) is 9.55 Å². The molecule has 0 saturated heterocycles. The standard InChI is InChI=1S/C12H16N2S/c1-2-4-12-13-7-9-14(12)8-6-11-5-3-10-15-11/h3,5,7,9-10H,2,4,6,8H2,1H3. The molecule has 0 N–H and O–H groups in total. The highest BCUT2D eigenvalue weighted by Crippen LogP contribution is 2.11. The Bertz CT molecular complexity index is 389. The lowest BCUT2D eigenvalue weighted by Crippen LogP contribution is -2.04. The zero-order valence-corrected chi connectivity index (χ0v) is 9.83. The summed E-state index contributed by atoms with van der Waals surface area (Å²) in [4.78, 5) is 5.82. The van der Waals surface area contributed by atoms with Crippen LogP contribution in [-0.4, -0.2) is 9.55 Å². The summed E-state index contributed by atoms with van der Waals surface area (Å²) in [7, 11) is 0. The molecule has 0 aliphatic rings. The van der Waals surface area contributed by atoms with E-state index in [1.54, 1.807) is 0 Å². The summed E-state index contributed by atoms with van der Waals surface area (Å²) in [5.74, 6) is 1.22. The predicted octanol–water partition coefficient (Wildman–Crippen LogP) is 3.14. The van der Waals surface area contributed by atoms with Crippen LogP contribution in [0.5, 0.6) is 0 Å². The van der Waals surface area contributed by atoms with Crippen molar-refractivity contribution in [2.75, 3.05) is 0 Å². The molecule has 3 heteroatoms. The largest absolute Gasteiger partial charge is 0.335 e. The first-order valence-electron chi connectivity index (χ1n) is 5.42. The molecule has 2 nitrogen and oxygen atoms in total. The van der Waals surface area contributed by atoms with Gasteiger partial charge in [0.2, 0.25) is 0 Å². The summed E-state index contributed by atoms with van der Waals surface area (Å²) in [5.41, 5.74) is 0. The predicted molar refractivity (Wildman–Crippen MR) is 64.2 cm³/mol. The van der Waals surface area contributed by atoms with Crippen LogP contribution in [0.2, 0.25) is 0 Å². The fraction of sp³-hybridized carbons (Fsp3) is 0.417. The van der Waals surface area contributed by atoms with Gasteiger partial charge >= 0.3 is 0 Å². The Morgan fingerprint density at radius 1 is 1.40 bits per heavy atom. The maximum Gasteiger partial charge on any atom is 0.108 e. The van der Waals surface area contributed by atoms with E-state index >= 15 is 0 Å². The maximum atomic E-state index is 4.37. The number of rotatable bonds is 5. The Hall–Kier alpha value is -1.09. The number of imidazole rings is 1. The van der Waals surface area contributed by atoms with Crippen LogP contribution < -0.4 is 0 Å². The van der Waals surface area contributed by atoms with Crippen LogP contribution in [0.25, 0.3) is 0 Å². The van der Waals surface area contributed by atoms with Crippen LogP contribution in [0.3, 0.4) is 0 Å². The highest BCUT2D eigenvalue weighted by Gasteiger charge is 2.01. The Kier molecular flexibility index (Phi) is 3.56. The molecule has 2 aromatic rings. The van der Waals surface area contributed by atoms with Crippen LogP contribution >= 0.6 is 11.3 Å². The van der Waals surface area contributed by atoms with Gasteiger partial charge in [-0.1, -0.05) is 13.0 Å². The lowest BCUT2D eigenvalue weighted by Gasteiger charge is -2.05. The first-order valence-corrected chi connectivity index (χ1v) is 6.30. The third-order valence-corrected chi connectivity index (χ3v) is 3.39. The van der Waals surface area contributed by atoms with Crippen LogP contribution in [0.1, 0.15) is 24.0 Å². The minimum atomic E-state index is 1.05. The maximum absolute atomic E-state index is 4.37. The highest BCUT2D eigenvalue weighted by atomic mass is 32.1. The molecular formula is C12H16N2S. The summed E-state index contributed by atoms with van der Waals surface area (Å²) in [5, 5.41) is 2.14. The van der Waals surface area contributed by atoms with Gasteiger partial charge in [-0.15, -0.1) is 11.3 Å². The monoisotopic (exact) mass is 220 g/mol. The van der Waals surface area contributed by atoms with E-state index < -0.39 is 0 Å². The van der Waals surface area contributed by atoms with Crippen molar-refractivity contribution in [3.63, 3.8) is 0 Å². The molecule has 0 fully saturated rings. The van der Waals surface area contributed by atoms with Crippen molar-refractivity contribution in [2.24, 2.45) is 0 Å². The van der Waals surface area contributed by atoms with Crippen LogP contribution in [0.4, 0.5) is 0 Å². The van der Waals surface area contributed by atoms with Crippen molar-refractivity contribution >= 4 is 11.3 Å². The minimum absolute atomic E-state index is 1.05. The van der Waals surface area contributed by atoms with Gasteiger partial charge in [-0.05, 0) is 24.3 Å². The third-order valence-electron chi connectivity index (χ3n) is 2.45. The molecule has 0 radical (unpaired) electrons. The molecule has 0 bridgehead atoms. The Morgan fingerprint density at radius 3 is 3.07 bits per heavy atom. The number of hydrogen-bond donors (Lipinski definition) is 0. The number of thiophene rings is 1. The fourth-order valence-electron chi connectivity index (χ4n) is 1.68. The molecule has 15 heavy (non-hydrogen) atoms. The average Bonchev–Trinajstić information content (AvgIpc) is 2.85. The third kappa shape index (κ3) is 2.69. The molecule has 0 amide bonds. The molecule has 80 valence electrons. The number of aromatic nitrogens is 2. The summed E-state index contributed by atoms with van der Waals surface area (Å²) in [6.45, 7) is 3.24. The molecule has 0 aliphatic carbocycles. The number of nitrogens with zero attached hydrogens (tertiary/aromatic N) is 2. The Morgan fingerprint density at radius 2 is 2.33 bits per heavy atom. The SMILES string of the molecule is CCCc1nccn1CCc1cccs1. The van der Waals surface area contributed by atoms with Crippen LogP contribution in [0.15, 0.2) is 29.9 Å². The second-order valence-corrected chi connectivity index (χ2v) is 4.65. The van der Waals surface area contributed by atoms with Gasteiger partial charge in [-0.2, -0.15) is 0 Å². The van der Waals surface area contributed by atoms with Gasteiger partial charge in [0.05, 0.1) is 0 Å². The van der Waals surface area contributed by atoms with Crippen molar-refractivity contribution in [1.29, 1.82) is 0 Å². The molecule has 0 spiro atoms. The Labute approximate surface area is 94.6 Å². The van der Waals surface area contributed by atoms with Gasteiger partial charge in [0.25, 0.3) is 0 Å². The molecule has 0 unspecified atom stereocenters. The first-order chi connectivity index (χ1) is 7.40. The van der Waals surface area contributed by atoms with E-state index in [0.717, 1.165) is 25.8 Å². The van der Waals surface area contributed by atoms with Crippen molar-refractivity contribution < 1.29 is 0 Å². The second-order valence-electron chi connectivity index (χ2n) is 3.62. The summed E-state index contributed by atoms with van der Waals surface area (Å²) < 4.78 is 2.27. The summed E-state index contributed by atoms with van der Waals surface area (Å²) in [6, 6.07) is 4.31. The van der Waals surface area contributed by atoms with Gasteiger partial charge in [0, 0.05) is 30.2 Å². The van der Waals surface area contributed by atoms with E-state index in [9.17, 15) is 0 Å². The second kappa shape index (κ2) is 5.12. The molecule has 0 aromatic carbocycles. The summed E-state index contributed by atoms with van der Waals surface area (Å²) >= 11 is 1.83. The van der Waals surface area contributed by atoms with Crippen LogP contribution in [0, 0.1) is 0 Å². The van der Waals surface area contributed by atoms with Gasteiger partial charge in [-0.25, -0.2) is 4.98 Å². The van der Waals surface area contributed by atoms with E-state index in [4.69, 9.17) is 0 Å². The normalized spacial score (nSPS) is 10.7. The van der Waals surface area contributed by atoms with Crippen molar-refractivity contribution in [3.8, 4) is 0 Å². The zero-order chi connectivity index (χ0) is 10.5. The lowest BCUT2D eigenvalue weighted by molar-refractivity contribution is 0.646. The van der Waals surface area contributed by atoms with E-state index in [2.05, 4.69) is 40.2 Å². The van der Waals surface area contributed by atoms with Crippen LogP contribution in [-0.2, 0) is 19.4 Å². The van der Waals surface area contributed by atoms with Gasteiger partial charge in [0.1, 0.15) is 5.82 Å². The molecule has 2 rings (SSSR count). The zero-order valence-electron chi connectivity index (χ0n) is 9.02. The Balaban J connectivity index is 1.95. The number of aryl methyl sites for hydroxylation is 3. The van der Waals surface area contributed by atoms with Crippen molar-refractivity contribution in [2.45, 2.75) is 32.7 Å². The van der Waals surface area contributed by atoms with Gasteiger partial charge < -0.3 is 4.57 Å².